The first kappa shape index (κ1) is 11.0. The Morgan fingerprint density at radius 1 is 1.57 bits per heavy atom. The summed E-state index contributed by atoms with van der Waals surface area (Å²) >= 11 is 5.88. The Hall–Kier alpha value is -1.09. The number of halogens is 1. The molecule has 0 atom stereocenters. The number of pyridine rings is 1. The summed E-state index contributed by atoms with van der Waals surface area (Å²) in [5.74, 6) is -0.766. The second-order valence-electron chi connectivity index (χ2n) is 3.15. The molecule has 1 aromatic rings. The third-order valence-electron chi connectivity index (χ3n) is 2.09. The van der Waals surface area contributed by atoms with Crippen molar-refractivity contribution >= 4 is 17.6 Å². The summed E-state index contributed by atoms with van der Waals surface area (Å²) in [4.78, 5) is 14.3. The number of hydrogen-bond donors (Lipinski definition) is 1. The summed E-state index contributed by atoms with van der Waals surface area (Å²) in [5.41, 5.74) is 2.02. The minimum Gasteiger partial charge on any atom is -0.481 e. The highest BCUT2D eigenvalue weighted by molar-refractivity contribution is 6.31. The van der Waals surface area contributed by atoms with Gasteiger partial charge in [-0.1, -0.05) is 11.6 Å². The fourth-order valence-corrected chi connectivity index (χ4v) is 1.40. The first-order chi connectivity index (χ1) is 6.61. The van der Waals surface area contributed by atoms with Gasteiger partial charge in [0.1, 0.15) is 0 Å². The van der Waals surface area contributed by atoms with Gasteiger partial charge in [-0.3, -0.25) is 9.78 Å². The lowest BCUT2D eigenvalue weighted by molar-refractivity contribution is -0.137. The molecule has 1 N–H and O–H groups in total. The lowest BCUT2D eigenvalue weighted by Crippen LogP contribution is -1.98. The largest absolute Gasteiger partial charge is 0.481 e. The minimum absolute atomic E-state index is 0.186. The van der Waals surface area contributed by atoms with Crippen LogP contribution in [0.1, 0.15) is 24.0 Å². The molecule has 1 rings (SSSR count). The first-order valence-corrected chi connectivity index (χ1v) is 4.80. The number of rotatable bonds is 4. The summed E-state index contributed by atoms with van der Waals surface area (Å²) in [5, 5.41) is 9.11. The van der Waals surface area contributed by atoms with Crippen LogP contribution in [0.15, 0.2) is 12.4 Å². The average Bonchev–Trinajstić information content (AvgIpc) is 2.12. The van der Waals surface area contributed by atoms with Gasteiger partial charge in [-0.25, -0.2) is 0 Å². The van der Waals surface area contributed by atoms with Gasteiger partial charge in [-0.05, 0) is 30.9 Å². The second-order valence-corrected chi connectivity index (χ2v) is 3.56. The number of nitrogens with zero attached hydrogens (tertiary/aromatic N) is 1. The Bertz CT molecular complexity index is 339. The minimum atomic E-state index is -0.766. The van der Waals surface area contributed by atoms with Crippen LogP contribution >= 0.6 is 11.6 Å². The Balaban J connectivity index is 2.59. The molecule has 0 unspecified atom stereocenters. The Morgan fingerprint density at radius 3 is 2.93 bits per heavy atom. The zero-order chi connectivity index (χ0) is 10.6. The summed E-state index contributed by atoms with van der Waals surface area (Å²) in [6.45, 7) is 1.92. The first-order valence-electron chi connectivity index (χ1n) is 4.42. The van der Waals surface area contributed by atoms with Crippen molar-refractivity contribution in [3.63, 3.8) is 0 Å². The molecule has 0 aromatic carbocycles. The van der Waals surface area contributed by atoms with E-state index in [0.717, 1.165) is 11.1 Å². The number of aromatic nitrogens is 1. The predicted octanol–water partition coefficient (Wildman–Crippen LogP) is 2.45. The summed E-state index contributed by atoms with van der Waals surface area (Å²) < 4.78 is 0. The molecule has 0 bridgehead atoms. The van der Waals surface area contributed by atoms with Crippen molar-refractivity contribution in [3.8, 4) is 0 Å². The van der Waals surface area contributed by atoms with Gasteiger partial charge in [0.2, 0.25) is 0 Å². The summed E-state index contributed by atoms with van der Waals surface area (Å²) in [6.07, 6.45) is 4.86. The molecule has 0 aliphatic rings. The third-order valence-corrected chi connectivity index (χ3v) is 2.48. The fraction of sp³-hybridized carbons (Fsp3) is 0.400. The van der Waals surface area contributed by atoms with E-state index in [-0.39, 0.29) is 6.42 Å². The average molecular weight is 214 g/mol. The number of carbonyl (C=O) groups is 1. The monoisotopic (exact) mass is 213 g/mol. The molecule has 0 radical (unpaired) electrons. The van der Waals surface area contributed by atoms with E-state index in [1.54, 1.807) is 12.4 Å². The molecule has 76 valence electrons. The molecular formula is C10H12ClNO2. The number of carboxylic acid groups (broad SMARTS) is 1. The quantitative estimate of drug-likeness (QED) is 0.836. The Labute approximate surface area is 87.7 Å². The van der Waals surface area contributed by atoms with E-state index in [1.807, 2.05) is 6.92 Å². The van der Waals surface area contributed by atoms with Gasteiger partial charge in [0.15, 0.2) is 0 Å². The fourth-order valence-electron chi connectivity index (χ4n) is 1.22. The van der Waals surface area contributed by atoms with E-state index in [1.165, 1.54) is 0 Å². The molecular weight excluding hydrogens is 202 g/mol. The van der Waals surface area contributed by atoms with E-state index < -0.39 is 5.97 Å². The van der Waals surface area contributed by atoms with Crippen molar-refractivity contribution in [2.24, 2.45) is 0 Å². The van der Waals surface area contributed by atoms with Gasteiger partial charge < -0.3 is 5.11 Å². The maximum absolute atomic E-state index is 10.3. The molecule has 0 saturated heterocycles. The molecule has 0 saturated carbocycles. The highest BCUT2D eigenvalue weighted by atomic mass is 35.5. The van der Waals surface area contributed by atoms with Crippen LogP contribution in [0.5, 0.6) is 0 Å². The molecule has 0 fully saturated rings. The lowest BCUT2D eigenvalue weighted by Gasteiger charge is -2.04. The van der Waals surface area contributed by atoms with Crippen molar-refractivity contribution in [2.45, 2.75) is 26.2 Å². The standard InChI is InChI=1S/C10H12ClNO2/c1-7-8(3-2-4-10(13)14)5-12-6-9(7)11/h5-6H,2-4H2,1H3,(H,13,14). The molecule has 14 heavy (non-hydrogen) atoms. The van der Waals surface area contributed by atoms with Crippen LogP contribution in [0.2, 0.25) is 5.02 Å². The topological polar surface area (TPSA) is 50.2 Å². The van der Waals surface area contributed by atoms with Crippen LogP contribution in [0.25, 0.3) is 0 Å². The van der Waals surface area contributed by atoms with Gasteiger partial charge in [0, 0.05) is 18.8 Å². The Morgan fingerprint density at radius 2 is 2.29 bits per heavy atom. The molecule has 0 aliphatic carbocycles. The van der Waals surface area contributed by atoms with Crippen molar-refractivity contribution in [3.05, 3.63) is 28.5 Å². The smallest absolute Gasteiger partial charge is 0.303 e. The third kappa shape index (κ3) is 3.00. The molecule has 0 amide bonds. The zero-order valence-electron chi connectivity index (χ0n) is 7.96. The van der Waals surface area contributed by atoms with Gasteiger partial charge in [-0.2, -0.15) is 0 Å². The van der Waals surface area contributed by atoms with Gasteiger partial charge in [0.05, 0.1) is 5.02 Å². The molecule has 1 aromatic heterocycles. The number of hydrogen-bond acceptors (Lipinski definition) is 2. The maximum atomic E-state index is 10.3. The highest BCUT2D eigenvalue weighted by Crippen LogP contribution is 2.18. The number of aliphatic carboxylic acids is 1. The van der Waals surface area contributed by atoms with Gasteiger partial charge >= 0.3 is 5.97 Å². The van der Waals surface area contributed by atoms with E-state index in [9.17, 15) is 4.79 Å². The predicted molar refractivity (Wildman–Crippen MR) is 54.6 cm³/mol. The van der Waals surface area contributed by atoms with E-state index in [0.29, 0.717) is 17.9 Å². The van der Waals surface area contributed by atoms with Crippen molar-refractivity contribution in [1.82, 2.24) is 4.98 Å². The van der Waals surface area contributed by atoms with E-state index in [2.05, 4.69) is 4.98 Å². The highest BCUT2D eigenvalue weighted by Gasteiger charge is 2.04. The Kier molecular flexibility index (Phi) is 3.89. The second kappa shape index (κ2) is 4.96. The van der Waals surface area contributed by atoms with Gasteiger partial charge in [-0.15, -0.1) is 0 Å². The van der Waals surface area contributed by atoms with Crippen molar-refractivity contribution < 1.29 is 9.90 Å². The van der Waals surface area contributed by atoms with Crippen molar-refractivity contribution in [2.75, 3.05) is 0 Å². The molecule has 0 spiro atoms. The van der Waals surface area contributed by atoms with Crippen LogP contribution in [0.3, 0.4) is 0 Å². The van der Waals surface area contributed by atoms with Crippen LogP contribution in [-0.4, -0.2) is 16.1 Å². The molecule has 1 heterocycles. The SMILES string of the molecule is Cc1c(Cl)cncc1CCCC(=O)O. The number of aryl methyl sites for hydroxylation is 1. The van der Waals surface area contributed by atoms with Crippen LogP contribution in [0.4, 0.5) is 0 Å². The van der Waals surface area contributed by atoms with E-state index in [4.69, 9.17) is 16.7 Å². The number of carboxylic acids is 1. The van der Waals surface area contributed by atoms with Crippen LogP contribution in [-0.2, 0) is 11.2 Å². The molecule has 0 aliphatic heterocycles. The normalized spacial score (nSPS) is 10.1. The summed E-state index contributed by atoms with van der Waals surface area (Å²) in [6, 6.07) is 0. The molecule has 4 heteroatoms. The molecule has 3 nitrogen and oxygen atoms in total. The zero-order valence-corrected chi connectivity index (χ0v) is 8.71. The van der Waals surface area contributed by atoms with E-state index >= 15 is 0 Å². The van der Waals surface area contributed by atoms with Crippen LogP contribution < -0.4 is 0 Å². The van der Waals surface area contributed by atoms with Crippen LogP contribution in [0, 0.1) is 6.92 Å². The summed E-state index contributed by atoms with van der Waals surface area (Å²) in [7, 11) is 0. The van der Waals surface area contributed by atoms with Gasteiger partial charge in [0.25, 0.3) is 0 Å². The maximum Gasteiger partial charge on any atom is 0.303 e. The van der Waals surface area contributed by atoms with Crippen molar-refractivity contribution in [1.29, 1.82) is 0 Å². The lowest BCUT2D eigenvalue weighted by atomic mass is 10.1.